The van der Waals surface area contributed by atoms with E-state index in [0.29, 0.717) is 11.1 Å². The number of hydrogen-bond donors (Lipinski definition) is 2. The third kappa shape index (κ3) is 1.86. The first kappa shape index (κ1) is 12.4. The number of fused-ring (bicyclic) bond motifs is 1. The average molecular weight is 267 g/mol. The van der Waals surface area contributed by atoms with Gasteiger partial charge < -0.3 is 10.0 Å². The molecule has 0 saturated heterocycles. The van der Waals surface area contributed by atoms with Crippen molar-refractivity contribution in [2.45, 2.75) is 0 Å². The smallest absolute Gasteiger partial charge is 0.423 e. The summed E-state index contributed by atoms with van der Waals surface area (Å²) >= 11 is 0. The molecule has 0 atom stereocenters. The molecule has 0 aliphatic carbocycles. The zero-order chi connectivity index (χ0) is 14.3. The first-order valence-electron chi connectivity index (χ1n) is 5.86. The lowest BCUT2D eigenvalue weighted by molar-refractivity contribution is 0.426. The Morgan fingerprint density at radius 2 is 2.00 bits per heavy atom. The van der Waals surface area contributed by atoms with Gasteiger partial charge in [-0.15, -0.1) is 0 Å². The fourth-order valence-electron chi connectivity index (χ4n) is 2.16. The SMILES string of the molecule is Cn1cc(-c2cc(B(O)O)c3c(C#N)cnn3c2)cn1. The molecule has 8 heteroatoms. The van der Waals surface area contributed by atoms with Crippen LogP contribution in [0.25, 0.3) is 16.6 Å². The third-order valence-electron chi connectivity index (χ3n) is 3.08. The number of aromatic nitrogens is 4. The van der Waals surface area contributed by atoms with E-state index in [2.05, 4.69) is 10.2 Å². The van der Waals surface area contributed by atoms with E-state index in [1.807, 2.05) is 12.3 Å². The topological polar surface area (TPSA) is 99.4 Å². The molecule has 2 N–H and O–H groups in total. The minimum atomic E-state index is -1.68. The second kappa shape index (κ2) is 4.49. The highest BCUT2D eigenvalue weighted by Gasteiger charge is 2.20. The number of hydrogen-bond acceptors (Lipinski definition) is 5. The normalized spacial score (nSPS) is 10.7. The van der Waals surface area contributed by atoms with Crippen molar-refractivity contribution in [3.63, 3.8) is 0 Å². The number of aryl methyl sites for hydroxylation is 1. The van der Waals surface area contributed by atoms with E-state index in [1.165, 1.54) is 10.7 Å². The molecule has 3 heterocycles. The zero-order valence-corrected chi connectivity index (χ0v) is 10.6. The molecule has 98 valence electrons. The van der Waals surface area contributed by atoms with Gasteiger partial charge in [0.2, 0.25) is 0 Å². The highest BCUT2D eigenvalue weighted by atomic mass is 16.4. The summed E-state index contributed by atoms with van der Waals surface area (Å²) < 4.78 is 3.12. The molecule has 0 spiro atoms. The summed E-state index contributed by atoms with van der Waals surface area (Å²) in [5.74, 6) is 0. The van der Waals surface area contributed by atoms with E-state index in [9.17, 15) is 10.0 Å². The predicted molar refractivity (Wildman–Crippen MR) is 71.9 cm³/mol. The van der Waals surface area contributed by atoms with Crippen LogP contribution in [0.2, 0.25) is 0 Å². The summed E-state index contributed by atoms with van der Waals surface area (Å²) in [4.78, 5) is 0. The monoisotopic (exact) mass is 267 g/mol. The van der Waals surface area contributed by atoms with Gasteiger partial charge in [0.1, 0.15) is 6.07 Å². The van der Waals surface area contributed by atoms with Gasteiger partial charge >= 0.3 is 7.12 Å². The molecule has 20 heavy (non-hydrogen) atoms. The van der Waals surface area contributed by atoms with Crippen LogP contribution in [0, 0.1) is 11.3 Å². The molecule has 0 bridgehead atoms. The number of pyridine rings is 1. The Morgan fingerprint density at radius 3 is 2.60 bits per heavy atom. The van der Waals surface area contributed by atoms with Crippen molar-refractivity contribution >= 4 is 18.1 Å². The highest BCUT2D eigenvalue weighted by Crippen LogP contribution is 2.19. The van der Waals surface area contributed by atoms with Gasteiger partial charge in [0.05, 0.1) is 23.5 Å². The van der Waals surface area contributed by atoms with E-state index in [0.717, 1.165) is 11.1 Å². The van der Waals surface area contributed by atoms with Gasteiger partial charge in [0.15, 0.2) is 0 Å². The lowest BCUT2D eigenvalue weighted by atomic mass is 9.78. The zero-order valence-electron chi connectivity index (χ0n) is 10.6. The van der Waals surface area contributed by atoms with Gasteiger partial charge in [-0.25, -0.2) is 4.52 Å². The molecular formula is C12H10BN5O2. The van der Waals surface area contributed by atoms with E-state index >= 15 is 0 Å². The summed E-state index contributed by atoms with van der Waals surface area (Å²) in [6, 6.07) is 3.61. The molecular weight excluding hydrogens is 257 g/mol. The van der Waals surface area contributed by atoms with Gasteiger partial charge in [0.25, 0.3) is 0 Å². The van der Waals surface area contributed by atoms with Crippen LogP contribution in [0.3, 0.4) is 0 Å². The van der Waals surface area contributed by atoms with E-state index in [1.54, 1.807) is 30.2 Å². The Bertz CT molecular complexity index is 830. The Morgan fingerprint density at radius 1 is 1.20 bits per heavy atom. The van der Waals surface area contributed by atoms with Crippen LogP contribution in [-0.2, 0) is 7.05 Å². The molecule has 7 nitrogen and oxygen atoms in total. The van der Waals surface area contributed by atoms with Crippen LogP contribution in [-0.4, -0.2) is 36.6 Å². The van der Waals surface area contributed by atoms with Crippen molar-refractivity contribution in [3.8, 4) is 17.2 Å². The summed E-state index contributed by atoms with van der Waals surface area (Å²) in [7, 11) is 0.115. The Labute approximate surface area is 114 Å². The van der Waals surface area contributed by atoms with Gasteiger partial charge in [0, 0.05) is 36.0 Å². The summed E-state index contributed by atoms with van der Waals surface area (Å²) in [5, 5.41) is 36.2. The lowest BCUT2D eigenvalue weighted by Crippen LogP contribution is -2.32. The Kier molecular flexibility index (Phi) is 2.78. The van der Waals surface area contributed by atoms with Crippen molar-refractivity contribution < 1.29 is 10.0 Å². The highest BCUT2D eigenvalue weighted by molar-refractivity contribution is 6.61. The third-order valence-corrected chi connectivity index (χ3v) is 3.08. The number of nitriles is 1. The molecule has 0 aliphatic rings. The van der Waals surface area contributed by atoms with Crippen molar-refractivity contribution in [3.05, 3.63) is 36.4 Å². The minimum Gasteiger partial charge on any atom is -0.423 e. The van der Waals surface area contributed by atoms with Crippen LogP contribution in [0.15, 0.2) is 30.9 Å². The maximum atomic E-state index is 9.52. The maximum Gasteiger partial charge on any atom is 0.490 e. The molecule has 0 unspecified atom stereocenters. The molecule has 0 aliphatic heterocycles. The molecule has 0 fully saturated rings. The standard InChI is InChI=1S/C12H10BN5O2/c1-17-6-10(5-15-17)8-2-11(13(19)20)12-9(3-14)4-16-18(12)7-8/h2,4-7,19-20H,1H3. The second-order valence-electron chi connectivity index (χ2n) is 4.42. The second-order valence-corrected chi connectivity index (χ2v) is 4.42. The molecule has 3 rings (SSSR count). The van der Waals surface area contributed by atoms with Crippen molar-refractivity contribution in [2.75, 3.05) is 0 Å². The maximum absolute atomic E-state index is 9.52. The fourth-order valence-corrected chi connectivity index (χ4v) is 2.16. The molecule has 0 radical (unpaired) electrons. The van der Waals surface area contributed by atoms with Crippen LogP contribution in [0.4, 0.5) is 0 Å². The van der Waals surface area contributed by atoms with Crippen LogP contribution >= 0.6 is 0 Å². The summed E-state index contributed by atoms with van der Waals surface area (Å²) in [6.07, 6.45) is 6.60. The van der Waals surface area contributed by atoms with Gasteiger partial charge in [-0.3, -0.25) is 4.68 Å². The van der Waals surface area contributed by atoms with Crippen LogP contribution in [0.5, 0.6) is 0 Å². The van der Waals surface area contributed by atoms with Crippen LogP contribution in [0.1, 0.15) is 5.56 Å². The van der Waals surface area contributed by atoms with Crippen molar-refractivity contribution in [1.82, 2.24) is 19.4 Å². The first-order valence-corrected chi connectivity index (χ1v) is 5.86. The molecule has 0 aromatic carbocycles. The Balaban J connectivity index is 2.30. The van der Waals surface area contributed by atoms with Crippen molar-refractivity contribution in [1.29, 1.82) is 5.26 Å². The van der Waals surface area contributed by atoms with E-state index in [4.69, 9.17) is 5.26 Å². The summed E-state index contributed by atoms with van der Waals surface area (Å²) in [6.45, 7) is 0. The predicted octanol–water partition coefficient (Wildman–Crippen LogP) is -0.714. The molecule has 3 aromatic rings. The van der Waals surface area contributed by atoms with Crippen molar-refractivity contribution in [2.24, 2.45) is 7.05 Å². The minimum absolute atomic E-state index is 0.236. The van der Waals surface area contributed by atoms with Gasteiger partial charge in [-0.05, 0) is 0 Å². The number of rotatable bonds is 2. The van der Waals surface area contributed by atoms with E-state index in [-0.39, 0.29) is 5.46 Å². The Hall–Kier alpha value is -2.63. The lowest BCUT2D eigenvalue weighted by Gasteiger charge is -2.06. The molecule has 0 amide bonds. The largest absolute Gasteiger partial charge is 0.490 e. The number of nitrogens with zero attached hydrogens (tertiary/aromatic N) is 5. The van der Waals surface area contributed by atoms with E-state index < -0.39 is 7.12 Å². The average Bonchev–Trinajstić information content (AvgIpc) is 3.03. The fraction of sp³-hybridized carbons (Fsp3) is 0.0833. The quantitative estimate of drug-likeness (QED) is 0.597. The molecule has 0 saturated carbocycles. The molecule has 3 aromatic heterocycles. The first-order chi connectivity index (χ1) is 9.60. The van der Waals surface area contributed by atoms with Crippen LogP contribution < -0.4 is 5.46 Å². The van der Waals surface area contributed by atoms with Gasteiger partial charge in [-0.1, -0.05) is 6.07 Å². The van der Waals surface area contributed by atoms with Gasteiger partial charge in [-0.2, -0.15) is 15.5 Å². The summed E-state index contributed by atoms with van der Waals surface area (Å²) in [5.41, 5.74) is 2.49.